The molecule has 0 radical (unpaired) electrons. The van der Waals surface area contributed by atoms with Crippen LogP contribution in [0.3, 0.4) is 0 Å². The number of carbonyl (C=O) groups excluding carboxylic acids is 3. The number of aromatic nitrogens is 9. The van der Waals surface area contributed by atoms with E-state index in [0.29, 0.717) is 149 Å². The highest BCUT2D eigenvalue weighted by molar-refractivity contribution is 5.77. The van der Waals surface area contributed by atoms with Crippen LogP contribution in [0.4, 0.5) is 0 Å². The predicted octanol–water partition coefficient (Wildman–Crippen LogP) is -4.85. The molecule has 0 saturated carbocycles. The van der Waals surface area contributed by atoms with Gasteiger partial charge in [0.15, 0.2) is 18.9 Å². The Morgan fingerprint density at radius 1 is 0.477 bits per heavy atom. The van der Waals surface area contributed by atoms with E-state index in [4.69, 9.17) is 99.5 Å². The first-order valence-corrected chi connectivity index (χ1v) is 37.7. The van der Waals surface area contributed by atoms with E-state index in [2.05, 4.69) is 53.5 Å². The van der Waals surface area contributed by atoms with Gasteiger partial charge in [-0.2, -0.15) is 0 Å². The molecule has 3 amide bonds. The van der Waals surface area contributed by atoms with Crippen molar-refractivity contribution in [2.24, 2.45) is 0 Å². The second kappa shape index (κ2) is 47.5. The van der Waals surface area contributed by atoms with Gasteiger partial charge < -0.3 is 146 Å². The molecule has 0 aromatic carbocycles. The standard InChI is InChI=1S/C69H114N12O30/c1-4-5-6-7-8-55(85)72-66(40-103-37-51-34-79(76-73-51)9-12-91-15-18-94-21-24-97-27-30-100-43-67-46-106-56(109-67)33-54(84)61(67)88,41-104-38-52-35-80(77-74-52)10-13-92-16-19-95-22-25-98-28-31-101-44-68-47-107-64(110-68)57(70-49(2)82)59(86)62(68)89)42-105-39-53-36-81(78-75-53)11-14-93-17-20-96-23-26-99-29-32-102-45-69-48-108-65(111-69)58(71-50(3)83)60(87)63(69)90/h4,34-36,54,56-65,84,86-90H,1,5-33,37-48H2,2-3H3,(H,70,82)(H,71,83)(H,72,85)/t54-,56+,57-,58-,59-,60-,61-,62-,63-,64+,65+,67+,68+,69+/m1/s1. The van der Waals surface area contributed by atoms with Gasteiger partial charge in [0.2, 0.25) is 17.7 Å². The maximum absolute atomic E-state index is 13.8. The van der Waals surface area contributed by atoms with Crippen molar-refractivity contribution in [3.05, 3.63) is 48.3 Å². The van der Waals surface area contributed by atoms with Gasteiger partial charge >= 0.3 is 0 Å². The van der Waals surface area contributed by atoms with Crippen LogP contribution >= 0.6 is 0 Å². The Labute approximate surface area is 642 Å². The monoisotopic (exact) mass is 1590 g/mol. The van der Waals surface area contributed by atoms with Crippen LogP contribution in [0, 0.1) is 0 Å². The fraction of sp³-hybridized carbons (Fsp3) is 0.841. The van der Waals surface area contributed by atoms with Crippen LogP contribution in [-0.4, -0.2) is 381 Å². The lowest BCUT2D eigenvalue weighted by atomic mass is 9.88. The Bertz CT molecular complexity index is 3020. The Kier molecular flexibility index (Phi) is 38.3. The van der Waals surface area contributed by atoms with E-state index in [9.17, 15) is 45.0 Å². The highest BCUT2D eigenvalue weighted by Crippen LogP contribution is 2.40. The molecule has 6 bridgehead atoms. The van der Waals surface area contributed by atoms with Crippen molar-refractivity contribution in [1.82, 2.24) is 60.9 Å². The summed E-state index contributed by atoms with van der Waals surface area (Å²) in [4.78, 5) is 37.0. The zero-order chi connectivity index (χ0) is 78.6. The number of rotatable bonds is 62. The molecule has 0 unspecified atom stereocenters. The first kappa shape index (κ1) is 89.4. The molecule has 6 aliphatic rings. The van der Waals surface area contributed by atoms with Crippen molar-refractivity contribution >= 4 is 17.7 Å². The molecule has 0 spiro atoms. The maximum Gasteiger partial charge on any atom is 0.220 e. The van der Waals surface area contributed by atoms with Gasteiger partial charge in [0, 0.05) is 26.7 Å². The molecule has 9 heterocycles. The van der Waals surface area contributed by atoms with E-state index < -0.39 is 89.9 Å². The van der Waals surface area contributed by atoms with E-state index >= 15 is 0 Å². The number of carbonyl (C=O) groups is 3. The van der Waals surface area contributed by atoms with Crippen LogP contribution in [-0.2, 0) is 153 Å². The van der Waals surface area contributed by atoms with Crippen molar-refractivity contribution < 1.29 is 144 Å². The lowest BCUT2D eigenvalue weighted by Gasteiger charge is -2.42. The van der Waals surface area contributed by atoms with Crippen molar-refractivity contribution in [2.45, 2.75) is 175 Å². The third-order valence-corrected chi connectivity index (χ3v) is 18.6. The number of fused-ring (bicyclic) bond motifs is 6. The van der Waals surface area contributed by atoms with Crippen molar-refractivity contribution in [3.63, 3.8) is 0 Å². The molecule has 6 fully saturated rings. The minimum atomic E-state index is -1.34. The highest BCUT2D eigenvalue weighted by atomic mass is 16.8. The number of aliphatic hydroxyl groups excluding tert-OH is 6. The van der Waals surface area contributed by atoms with E-state index in [0.717, 1.165) is 12.8 Å². The minimum Gasteiger partial charge on any atom is -0.390 e. The van der Waals surface area contributed by atoms with Gasteiger partial charge in [0.1, 0.15) is 82.0 Å². The van der Waals surface area contributed by atoms with Gasteiger partial charge in [0.05, 0.1) is 262 Å². The fourth-order valence-electron chi connectivity index (χ4n) is 12.8. The van der Waals surface area contributed by atoms with Gasteiger partial charge in [-0.05, 0) is 19.3 Å². The van der Waals surface area contributed by atoms with Crippen LogP contribution in [0.25, 0.3) is 0 Å². The summed E-state index contributed by atoms with van der Waals surface area (Å²) >= 11 is 0. The van der Waals surface area contributed by atoms with Gasteiger partial charge in [-0.3, -0.25) is 14.4 Å². The number of ether oxygens (including phenoxy) is 21. The summed E-state index contributed by atoms with van der Waals surface area (Å²) in [5, 5.41) is 97.2. The topological polar surface area (TPSA) is 495 Å². The average molecular weight is 1590 g/mol. The number of nitrogens with zero attached hydrogens (tertiary/aromatic N) is 9. The van der Waals surface area contributed by atoms with E-state index in [1.54, 1.807) is 32.6 Å². The summed E-state index contributed by atoms with van der Waals surface area (Å²) in [5.41, 5.74) is -3.27. The second-order valence-electron chi connectivity index (χ2n) is 27.6. The van der Waals surface area contributed by atoms with E-state index in [1.165, 1.54) is 13.8 Å². The first-order valence-electron chi connectivity index (χ1n) is 37.7. The number of allylic oxidation sites excluding steroid dienone is 1. The van der Waals surface area contributed by atoms with Gasteiger partial charge in [-0.15, -0.1) is 21.9 Å². The molecule has 3 aromatic heterocycles. The molecule has 9 N–H and O–H groups in total. The SMILES string of the molecule is C=CCCCCC(=O)NC(COCc1cn(CCOCCOCCOCCOC[C@@]23CO[C@@H](O2)[C@H](NC(C)=O)[C@@H](O)[C@H]3O)nn1)(COCc1cn(CCOCCOCCOCCOC[C@@]23CO[C@@H](O2)[C@H](NC(C)=O)[C@@H](O)[C@H]3O)nn1)COCc1cn(CCOCCOCCOCCOC[C@]23CO[C@H](C[C@@H](O)[C@H]2O)O3)nn1. The zero-order valence-electron chi connectivity index (χ0n) is 63.4. The average Bonchev–Trinajstić information content (AvgIpc) is 1.63. The summed E-state index contributed by atoms with van der Waals surface area (Å²) in [6.07, 6.45) is -0.0169. The molecule has 0 aliphatic carbocycles. The van der Waals surface area contributed by atoms with Gasteiger partial charge in [0.25, 0.3) is 0 Å². The molecule has 3 aromatic rings. The number of hydrogen-bond donors (Lipinski definition) is 9. The van der Waals surface area contributed by atoms with Crippen LogP contribution in [0.5, 0.6) is 0 Å². The molecular weight excluding hydrogens is 1480 g/mol. The third-order valence-electron chi connectivity index (χ3n) is 18.6. The first-order chi connectivity index (χ1) is 53.9. The Morgan fingerprint density at radius 2 is 0.820 bits per heavy atom. The fourth-order valence-corrected chi connectivity index (χ4v) is 12.8. The maximum atomic E-state index is 13.8. The smallest absolute Gasteiger partial charge is 0.220 e. The van der Waals surface area contributed by atoms with E-state index in [1.807, 2.05) is 6.08 Å². The Morgan fingerprint density at radius 3 is 1.18 bits per heavy atom. The predicted molar refractivity (Wildman–Crippen MR) is 375 cm³/mol. The highest BCUT2D eigenvalue weighted by Gasteiger charge is 2.61. The third kappa shape index (κ3) is 28.7. The molecule has 630 valence electrons. The number of amides is 3. The van der Waals surface area contributed by atoms with Gasteiger partial charge in [-0.1, -0.05) is 21.7 Å². The Hall–Kier alpha value is -5.51. The number of unbranched alkanes of at least 4 members (excludes halogenated alkanes) is 2. The lowest BCUT2D eigenvalue weighted by molar-refractivity contribution is -0.238. The summed E-state index contributed by atoms with van der Waals surface area (Å²) in [6.45, 7) is 13.9. The van der Waals surface area contributed by atoms with E-state index in [-0.39, 0.29) is 143 Å². The molecular formula is C69H114N12O30. The normalized spacial score (nSPS) is 26.8. The summed E-state index contributed by atoms with van der Waals surface area (Å²) < 4.78 is 126. The molecule has 42 nitrogen and oxygen atoms in total. The quantitative estimate of drug-likeness (QED) is 0.0189. The molecule has 42 heteroatoms. The van der Waals surface area contributed by atoms with Crippen LogP contribution < -0.4 is 16.0 Å². The molecule has 6 aliphatic heterocycles. The molecule has 9 rings (SSSR count). The van der Waals surface area contributed by atoms with Crippen LogP contribution in [0.1, 0.15) is 63.0 Å². The van der Waals surface area contributed by atoms with Crippen molar-refractivity contribution in [1.29, 1.82) is 0 Å². The zero-order valence-corrected chi connectivity index (χ0v) is 63.4. The summed E-state index contributed by atoms with van der Waals surface area (Å²) in [5.74, 6) is -1.01. The number of nitrogens with one attached hydrogen (secondary N) is 3. The number of hydrogen-bond acceptors (Lipinski definition) is 36. The minimum absolute atomic E-state index is 0.00623. The summed E-state index contributed by atoms with van der Waals surface area (Å²) in [6, 6.07) is -1.80. The lowest BCUT2D eigenvalue weighted by Crippen LogP contribution is -2.66. The molecule has 111 heavy (non-hydrogen) atoms. The largest absolute Gasteiger partial charge is 0.390 e. The van der Waals surface area contributed by atoms with Crippen LogP contribution in [0.15, 0.2) is 31.2 Å². The van der Waals surface area contributed by atoms with Crippen LogP contribution in [0.2, 0.25) is 0 Å². The summed E-state index contributed by atoms with van der Waals surface area (Å²) in [7, 11) is 0. The van der Waals surface area contributed by atoms with Crippen molar-refractivity contribution in [3.8, 4) is 0 Å². The second-order valence-corrected chi connectivity index (χ2v) is 27.6. The Balaban J connectivity index is 0.663. The van der Waals surface area contributed by atoms with Gasteiger partial charge in [-0.25, -0.2) is 14.0 Å². The molecule has 6 saturated heterocycles. The van der Waals surface area contributed by atoms with Crippen molar-refractivity contribution in [2.75, 3.05) is 198 Å². The number of aliphatic hydroxyl groups is 6. The molecule has 14 atom stereocenters.